The van der Waals surface area contributed by atoms with Gasteiger partial charge in [-0.2, -0.15) is 5.10 Å². The molecule has 180 valence electrons. The number of piperidine rings is 1. The minimum absolute atomic E-state index is 0. The zero-order valence-corrected chi connectivity index (χ0v) is 22.4. The maximum Gasteiger partial charge on any atom is 0.286 e. The molecule has 1 fully saturated rings. The molecule has 0 unspecified atom stereocenters. The Balaban J connectivity index is 0.00000274. The maximum absolute atomic E-state index is 13.8. The van der Waals surface area contributed by atoms with Gasteiger partial charge >= 0.3 is 0 Å². The van der Waals surface area contributed by atoms with E-state index in [4.69, 9.17) is 21.4 Å². The molecular formula is C24H24Cl2FIN4O2. The summed E-state index contributed by atoms with van der Waals surface area (Å²) in [5.41, 5.74) is 5.14. The highest BCUT2D eigenvalue weighted by Gasteiger charge is 2.41. The highest BCUT2D eigenvalue weighted by atomic mass is 127. The molecule has 0 radical (unpaired) electrons. The summed E-state index contributed by atoms with van der Waals surface area (Å²) in [7, 11) is 0. The number of ether oxygens (including phenoxy) is 1. The summed E-state index contributed by atoms with van der Waals surface area (Å²) in [4.78, 5) is 13.4. The molecule has 34 heavy (non-hydrogen) atoms. The normalized spacial score (nSPS) is 16.6. The summed E-state index contributed by atoms with van der Waals surface area (Å²) in [6.07, 6.45) is 3.24. The molecule has 2 aliphatic heterocycles. The molecule has 2 aliphatic rings. The monoisotopic (exact) mass is 616 g/mol. The van der Waals surface area contributed by atoms with E-state index in [1.54, 1.807) is 10.7 Å². The highest BCUT2D eigenvalue weighted by molar-refractivity contribution is 14.1. The molecule has 3 heterocycles. The van der Waals surface area contributed by atoms with Crippen LogP contribution in [0.1, 0.15) is 49.2 Å². The van der Waals surface area contributed by atoms with Gasteiger partial charge in [0, 0.05) is 22.2 Å². The number of aromatic nitrogens is 2. The van der Waals surface area contributed by atoms with E-state index in [0.717, 1.165) is 47.2 Å². The van der Waals surface area contributed by atoms with Crippen LogP contribution in [0.15, 0.2) is 36.4 Å². The second kappa shape index (κ2) is 9.64. The number of carbonyl (C=O) groups excluding carboxylic acids is 1. The number of fused-ring (bicyclic) bond motifs is 3. The summed E-state index contributed by atoms with van der Waals surface area (Å²) in [5, 5.41) is 6.87. The van der Waals surface area contributed by atoms with Crippen molar-refractivity contribution in [3.05, 3.63) is 62.1 Å². The fraction of sp³-hybridized carbons (Fsp3) is 0.333. The molecule has 1 saturated heterocycles. The lowest BCUT2D eigenvalue weighted by Crippen LogP contribution is -2.46. The van der Waals surface area contributed by atoms with Crippen molar-refractivity contribution < 1.29 is 13.9 Å². The zero-order chi connectivity index (χ0) is 23.3. The first-order valence-electron chi connectivity index (χ1n) is 10.9. The molecule has 1 aromatic heterocycles. The molecule has 0 spiro atoms. The van der Waals surface area contributed by atoms with E-state index in [2.05, 4.69) is 28.0 Å². The number of hydrogen-bond donors (Lipinski definition) is 1. The van der Waals surface area contributed by atoms with Crippen LogP contribution < -0.4 is 10.2 Å². The van der Waals surface area contributed by atoms with E-state index in [-0.39, 0.29) is 29.0 Å². The molecule has 3 aromatic rings. The van der Waals surface area contributed by atoms with Crippen LogP contribution in [-0.4, -0.2) is 33.8 Å². The third-order valence-electron chi connectivity index (χ3n) is 6.02. The van der Waals surface area contributed by atoms with Crippen LogP contribution in [0.25, 0.3) is 16.9 Å². The van der Waals surface area contributed by atoms with Crippen LogP contribution >= 0.6 is 46.6 Å². The number of halogens is 4. The van der Waals surface area contributed by atoms with Gasteiger partial charge in [-0.25, -0.2) is 14.1 Å². The third kappa shape index (κ3) is 4.53. The van der Waals surface area contributed by atoms with Crippen molar-refractivity contribution in [1.82, 2.24) is 20.2 Å². The molecule has 1 N–H and O–H groups in total. The average molecular weight is 617 g/mol. The van der Waals surface area contributed by atoms with Gasteiger partial charge in [0.1, 0.15) is 17.2 Å². The number of benzene rings is 2. The predicted molar refractivity (Wildman–Crippen MR) is 140 cm³/mol. The number of nitrogens with one attached hydrogen (secondary N) is 1. The van der Waals surface area contributed by atoms with E-state index in [9.17, 15) is 9.18 Å². The summed E-state index contributed by atoms with van der Waals surface area (Å²) < 4.78 is 22.8. The van der Waals surface area contributed by atoms with Crippen LogP contribution in [0.5, 0.6) is 5.75 Å². The number of nitrogens with zero attached hydrogens (tertiary/aromatic N) is 3. The summed E-state index contributed by atoms with van der Waals surface area (Å²) >= 11 is 8.67. The number of carbonyl (C=O) groups is 1. The lowest BCUT2D eigenvalue weighted by atomic mass is 9.89. The first-order chi connectivity index (χ1) is 15.7. The summed E-state index contributed by atoms with van der Waals surface area (Å²) in [6, 6.07) is 10.0. The zero-order valence-electron chi connectivity index (χ0n) is 18.7. The van der Waals surface area contributed by atoms with Gasteiger partial charge in [0.25, 0.3) is 5.91 Å². The Morgan fingerprint density at radius 3 is 2.62 bits per heavy atom. The van der Waals surface area contributed by atoms with Crippen molar-refractivity contribution >= 4 is 52.5 Å². The molecule has 2 aromatic carbocycles. The molecular weight excluding hydrogens is 593 g/mol. The first kappa shape index (κ1) is 25.2. The molecule has 10 heteroatoms. The molecule has 5 rings (SSSR count). The van der Waals surface area contributed by atoms with Crippen LogP contribution in [0.3, 0.4) is 0 Å². The molecule has 6 nitrogen and oxygen atoms in total. The standard InChI is InChI=1S/C24H23ClFIN4O2.ClH/c1-24(2)20-21(23(32)29-30-10-4-3-5-11-30)28-31(18-9-6-14(26)12-17(18)25)22(20)16-8-7-15(27)13-19(16)33-24;/h6-9,12-13H,3-5,10-11H2,1-2H3,(H,29,32);1H. The maximum atomic E-state index is 13.8. The Kier molecular flexibility index (Phi) is 7.15. The van der Waals surface area contributed by atoms with Gasteiger partial charge in [-0.15, -0.1) is 12.4 Å². The Morgan fingerprint density at radius 1 is 1.18 bits per heavy atom. The SMILES string of the molecule is CC1(C)Oc2cc(I)ccc2-c2c1c(C(=O)NN1CCCCC1)nn2-c1ccc(F)cc1Cl.Cl. The minimum atomic E-state index is -0.827. The van der Waals surface area contributed by atoms with E-state index < -0.39 is 11.4 Å². The van der Waals surface area contributed by atoms with Crippen molar-refractivity contribution in [2.75, 3.05) is 13.1 Å². The van der Waals surface area contributed by atoms with Crippen molar-refractivity contribution in [3.63, 3.8) is 0 Å². The number of hydrogen-bond acceptors (Lipinski definition) is 4. The van der Waals surface area contributed by atoms with Gasteiger partial charge in [0.2, 0.25) is 0 Å². The minimum Gasteiger partial charge on any atom is -0.482 e. The fourth-order valence-electron chi connectivity index (χ4n) is 4.53. The fourth-order valence-corrected chi connectivity index (χ4v) is 5.24. The van der Waals surface area contributed by atoms with E-state index >= 15 is 0 Å². The molecule has 0 saturated carbocycles. The second-order valence-corrected chi connectivity index (χ2v) is 10.5. The van der Waals surface area contributed by atoms with Crippen molar-refractivity contribution in [1.29, 1.82) is 0 Å². The number of hydrazine groups is 1. The van der Waals surface area contributed by atoms with Gasteiger partial charge in [0.05, 0.1) is 22.0 Å². The van der Waals surface area contributed by atoms with Crippen LogP contribution in [0.2, 0.25) is 5.02 Å². The molecule has 0 bridgehead atoms. The molecule has 1 amide bonds. The van der Waals surface area contributed by atoms with Crippen molar-refractivity contribution in [3.8, 4) is 22.7 Å². The topological polar surface area (TPSA) is 59.4 Å². The Morgan fingerprint density at radius 2 is 1.91 bits per heavy atom. The lowest BCUT2D eigenvalue weighted by Gasteiger charge is -2.34. The largest absolute Gasteiger partial charge is 0.482 e. The van der Waals surface area contributed by atoms with Gasteiger partial charge in [-0.3, -0.25) is 10.2 Å². The second-order valence-electron chi connectivity index (χ2n) is 8.82. The third-order valence-corrected chi connectivity index (χ3v) is 6.99. The van der Waals surface area contributed by atoms with E-state index in [0.29, 0.717) is 17.0 Å². The predicted octanol–water partition coefficient (Wildman–Crippen LogP) is 6.12. The molecule has 0 aliphatic carbocycles. The summed E-state index contributed by atoms with van der Waals surface area (Å²) in [6.45, 7) is 5.45. The van der Waals surface area contributed by atoms with Crippen LogP contribution in [0, 0.1) is 9.39 Å². The van der Waals surface area contributed by atoms with E-state index in [1.807, 2.05) is 37.1 Å². The van der Waals surface area contributed by atoms with Gasteiger partial charge in [-0.05, 0) is 85.7 Å². The lowest BCUT2D eigenvalue weighted by molar-refractivity contribution is 0.0720. The summed E-state index contributed by atoms with van der Waals surface area (Å²) in [5.74, 6) is -0.0380. The quantitative estimate of drug-likeness (QED) is 0.361. The van der Waals surface area contributed by atoms with Gasteiger partial charge < -0.3 is 4.74 Å². The average Bonchev–Trinajstić information content (AvgIpc) is 3.16. The number of amides is 1. The Labute approximate surface area is 222 Å². The molecule has 0 atom stereocenters. The van der Waals surface area contributed by atoms with Gasteiger partial charge in [-0.1, -0.05) is 18.0 Å². The highest BCUT2D eigenvalue weighted by Crippen LogP contribution is 2.48. The first-order valence-corrected chi connectivity index (χ1v) is 12.3. The Bertz CT molecular complexity index is 1260. The van der Waals surface area contributed by atoms with E-state index in [1.165, 1.54) is 12.1 Å². The van der Waals surface area contributed by atoms with Crippen LogP contribution in [-0.2, 0) is 5.60 Å². The van der Waals surface area contributed by atoms with Crippen LogP contribution in [0.4, 0.5) is 4.39 Å². The number of rotatable bonds is 3. The smallest absolute Gasteiger partial charge is 0.286 e. The van der Waals surface area contributed by atoms with Crippen molar-refractivity contribution in [2.24, 2.45) is 0 Å². The van der Waals surface area contributed by atoms with Gasteiger partial charge in [0.15, 0.2) is 5.69 Å². The Hall–Kier alpha value is -1.88. The van der Waals surface area contributed by atoms with Crippen molar-refractivity contribution in [2.45, 2.75) is 38.7 Å².